The average molecular weight is 367 g/mol. The summed E-state index contributed by atoms with van der Waals surface area (Å²) >= 11 is 1.55. The molecule has 0 aliphatic carbocycles. The second kappa shape index (κ2) is 7.25. The van der Waals surface area contributed by atoms with Gasteiger partial charge < -0.3 is 10.6 Å². The van der Waals surface area contributed by atoms with Crippen LogP contribution in [0.2, 0.25) is 0 Å². The van der Waals surface area contributed by atoms with Crippen molar-refractivity contribution in [1.29, 1.82) is 0 Å². The molecule has 0 unspecified atom stereocenters. The fraction of sp³-hybridized carbons (Fsp3) is 0.333. The summed E-state index contributed by atoms with van der Waals surface area (Å²) in [4.78, 5) is 13.8. The Bertz CT molecular complexity index is 925. The van der Waals surface area contributed by atoms with Gasteiger partial charge in [-0.25, -0.2) is 9.97 Å². The van der Waals surface area contributed by atoms with Gasteiger partial charge in [0, 0.05) is 36.3 Å². The van der Waals surface area contributed by atoms with Gasteiger partial charge in [-0.2, -0.15) is 5.10 Å². The quantitative estimate of drug-likeness (QED) is 0.739. The van der Waals surface area contributed by atoms with Crippen LogP contribution >= 0.6 is 11.3 Å². The fourth-order valence-corrected chi connectivity index (χ4v) is 3.36. The number of guanidine groups is 1. The number of thiazole rings is 1. The predicted molar refractivity (Wildman–Crippen MR) is 105 cm³/mol. The van der Waals surface area contributed by atoms with Crippen molar-refractivity contribution in [1.82, 2.24) is 25.1 Å². The lowest BCUT2D eigenvalue weighted by molar-refractivity contribution is 0.532. The third kappa shape index (κ3) is 3.60. The largest absolute Gasteiger partial charge is 0.356 e. The van der Waals surface area contributed by atoms with E-state index in [1.165, 1.54) is 0 Å². The molecule has 0 saturated carbocycles. The maximum absolute atomic E-state index is 4.76. The van der Waals surface area contributed by atoms with Crippen LogP contribution in [0, 0.1) is 0 Å². The van der Waals surface area contributed by atoms with Crippen molar-refractivity contribution in [2.75, 3.05) is 18.4 Å². The normalized spacial score (nSPS) is 14.2. The first-order valence-electron chi connectivity index (χ1n) is 8.72. The summed E-state index contributed by atoms with van der Waals surface area (Å²) in [7, 11) is 0. The Hall–Kier alpha value is -2.74. The molecule has 0 aromatic carbocycles. The highest BCUT2D eigenvalue weighted by atomic mass is 32.1. The van der Waals surface area contributed by atoms with E-state index in [1.54, 1.807) is 11.3 Å². The minimum atomic E-state index is 0.329. The van der Waals surface area contributed by atoms with Gasteiger partial charge in [-0.05, 0) is 32.4 Å². The number of hydrogen-bond donors (Lipinski definition) is 2. The van der Waals surface area contributed by atoms with E-state index < -0.39 is 0 Å². The summed E-state index contributed by atoms with van der Waals surface area (Å²) in [6.45, 7) is 6.00. The molecule has 134 valence electrons. The molecule has 4 heterocycles. The highest BCUT2D eigenvalue weighted by Crippen LogP contribution is 2.26. The summed E-state index contributed by atoms with van der Waals surface area (Å²) in [6.07, 6.45) is 4.95. The Morgan fingerprint density at radius 2 is 2.08 bits per heavy atom. The fourth-order valence-electron chi connectivity index (χ4n) is 2.66. The molecule has 8 heteroatoms. The van der Waals surface area contributed by atoms with Crippen LogP contribution in [0.25, 0.3) is 22.6 Å². The summed E-state index contributed by atoms with van der Waals surface area (Å²) in [5.74, 6) is 0.792. The Balaban J connectivity index is 1.55. The van der Waals surface area contributed by atoms with Crippen molar-refractivity contribution in [2.24, 2.45) is 4.99 Å². The lowest BCUT2D eigenvalue weighted by Crippen LogP contribution is -2.35. The lowest BCUT2D eigenvalue weighted by Gasteiger charge is -2.14. The number of nitrogens with one attached hydrogen (secondary N) is 2. The number of hydrogen-bond acceptors (Lipinski definition) is 7. The van der Waals surface area contributed by atoms with Crippen LogP contribution in [0.5, 0.6) is 0 Å². The lowest BCUT2D eigenvalue weighted by atomic mass is 10.2. The zero-order valence-corrected chi connectivity index (χ0v) is 15.6. The molecule has 0 atom stereocenters. The van der Waals surface area contributed by atoms with E-state index in [2.05, 4.69) is 39.6 Å². The number of rotatable bonds is 4. The van der Waals surface area contributed by atoms with Crippen molar-refractivity contribution in [3.63, 3.8) is 0 Å². The molecule has 26 heavy (non-hydrogen) atoms. The van der Waals surface area contributed by atoms with Crippen LogP contribution in [0.1, 0.15) is 26.3 Å². The molecule has 0 amide bonds. The molecule has 3 aromatic heterocycles. The van der Waals surface area contributed by atoms with Gasteiger partial charge in [0.25, 0.3) is 0 Å². The maximum atomic E-state index is 4.76. The van der Waals surface area contributed by atoms with Gasteiger partial charge in [0.15, 0.2) is 11.1 Å². The van der Waals surface area contributed by atoms with Crippen LogP contribution in [0.15, 0.2) is 41.0 Å². The topological polar surface area (TPSA) is 80.0 Å². The highest BCUT2D eigenvalue weighted by Gasteiger charge is 2.11. The SMILES string of the molecule is CC(C)n1cc(-c2cccc(-c3csc(NC4=NCCCN4)n3)n2)cn1. The third-order valence-corrected chi connectivity index (χ3v) is 4.82. The molecule has 0 saturated heterocycles. The van der Waals surface area contributed by atoms with E-state index in [4.69, 9.17) is 4.98 Å². The molecule has 1 aliphatic rings. The van der Waals surface area contributed by atoms with E-state index in [-0.39, 0.29) is 0 Å². The van der Waals surface area contributed by atoms with Crippen molar-refractivity contribution < 1.29 is 0 Å². The number of aromatic nitrogens is 4. The minimum Gasteiger partial charge on any atom is -0.356 e. The Morgan fingerprint density at radius 1 is 1.19 bits per heavy atom. The molecular formula is C18H21N7S. The number of pyridine rings is 1. The summed E-state index contributed by atoms with van der Waals surface area (Å²) in [6, 6.07) is 6.31. The van der Waals surface area contributed by atoms with Crippen molar-refractivity contribution in [3.05, 3.63) is 36.0 Å². The number of nitrogens with zero attached hydrogens (tertiary/aromatic N) is 5. The van der Waals surface area contributed by atoms with Gasteiger partial charge >= 0.3 is 0 Å². The van der Waals surface area contributed by atoms with Crippen LogP contribution in [-0.4, -0.2) is 38.8 Å². The maximum Gasteiger partial charge on any atom is 0.197 e. The van der Waals surface area contributed by atoms with E-state index >= 15 is 0 Å². The van der Waals surface area contributed by atoms with E-state index in [1.807, 2.05) is 40.7 Å². The third-order valence-electron chi connectivity index (χ3n) is 4.06. The minimum absolute atomic E-state index is 0.329. The standard InChI is InChI=1S/C18H21N7S/c1-12(2)25-10-13(9-21-25)14-5-3-6-15(22-14)16-11-26-18(23-16)24-17-19-7-4-8-20-17/h3,5-6,9-12H,4,7-8H2,1-2H3,(H2,19,20,23,24). The summed E-state index contributed by atoms with van der Waals surface area (Å²) < 4.78 is 1.94. The van der Waals surface area contributed by atoms with Gasteiger partial charge in [-0.1, -0.05) is 6.07 Å². The Labute approximate surface area is 156 Å². The summed E-state index contributed by atoms with van der Waals surface area (Å²) in [5.41, 5.74) is 3.61. The smallest absolute Gasteiger partial charge is 0.197 e. The number of aliphatic imine (C=N–C) groups is 1. The van der Waals surface area contributed by atoms with Crippen LogP contribution < -0.4 is 10.6 Å². The summed E-state index contributed by atoms with van der Waals surface area (Å²) in [5, 5.41) is 13.7. The van der Waals surface area contributed by atoms with Crippen LogP contribution in [-0.2, 0) is 0 Å². The van der Waals surface area contributed by atoms with Gasteiger partial charge in [0.2, 0.25) is 0 Å². The zero-order valence-electron chi connectivity index (χ0n) is 14.8. The first-order chi connectivity index (χ1) is 12.7. The van der Waals surface area contributed by atoms with Crippen LogP contribution in [0.4, 0.5) is 5.13 Å². The average Bonchev–Trinajstić information content (AvgIpc) is 3.33. The number of anilines is 1. The van der Waals surface area contributed by atoms with Gasteiger partial charge in [0.05, 0.1) is 17.6 Å². The molecule has 3 aromatic rings. The monoisotopic (exact) mass is 367 g/mol. The first kappa shape index (κ1) is 16.7. The second-order valence-electron chi connectivity index (χ2n) is 6.38. The van der Waals surface area contributed by atoms with E-state index in [0.29, 0.717) is 6.04 Å². The molecule has 0 fully saturated rings. The molecule has 7 nitrogen and oxygen atoms in total. The van der Waals surface area contributed by atoms with E-state index in [0.717, 1.165) is 53.2 Å². The molecule has 0 spiro atoms. The molecule has 1 aliphatic heterocycles. The molecule has 0 bridgehead atoms. The first-order valence-corrected chi connectivity index (χ1v) is 9.60. The molecular weight excluding hydrogens is 346 g/mol. The Morgan fingerprint density at radius 3 is 2.85 bits per heavy atom. The van der Waals surface area contributed by atoms with Gasteiger partial charge in [-0.3, -0.25) is 9.67 Å². The van der Waals surface area contributed by atoms with Crippen LogP contribution in [0.3, 0.4) is 0 Å². The van der Waals surface area contributed by atoms with Gasteiger partial charge in [-0.15, -0.1) is 11.3 Å². The highest BCUT2D eigenvalue weighted by molar-refractivity contribution is 7.14. The van der Waals surface area contributed by atoms with E-state index in [9.17, 15) is 0 Å². The predicted octanol–water partition coefficient (Wildman–Crippen LogP) is 3.41. The molecule has 4 rings (SSSR count). The second-order valence-corrected chi connectivity index (χ2v) is 7.24. The Kier molecular flexibility index (Phi) is 4.66. The molecule has 2 N–H and O–H groups in total. The van der Waals surface area contributed by atoms with Crippen molar-refractivity contribution in [3.8, 4) is 22.6 Å². The van der Waals surface area contributed by atoms with Crippen molar-refractivity contribution in [2.45, 2.75) is 26.3 Å². The zero-order chi connectivity index (χ0) is 17.9. The molecule has 0 radical (unpaired) electrons. The van der Waals surface area contributed by atoms with Crippen molar-refractivity contribution >= 4 is 22.4 Å². The van der Waals surface area contributed by atoms with Gasteiger partial charge in [0.1, 0.15) is 5.69 Å².